The Morgan fingerprint density at radius 3 is 2.38 bits per heavy atom. The van der Waals surface area contributed by atoms with Gasteiger partial charge in [-0.15, -0.1) is 0 Å². The van der Waals surface area contributed by atoms with Crippen molar-refractivity contribution in [2.45, 2.75) is 38.8 Å². The molecule has 0 saturated heterocycles. The van der Waals surface area contributed by atoms with Crippen molar-refractivity contribution in [1.82, 2.24) is 5.32 Å². The van der Waals surface area contributed by atoms with Crippen LogP contribution in [0, 0.1) is 0 Å². The Labute approximate surface area is 97.7 Å². The van der Waals surface area contributed by atoms with Crippen molar-refractivity contribution in [3.05, 3.63) is 0 Å². The number of nitrogens with one attached hydrogen (secondary N) is 1. The maximum atomic E-state index is 10.9. The molecule has 16 heavy (non-hydrogen) atoms. The molecular weight excluding hydrogens is 208 g/mol. The fourth-order valence-electron chi connectivity index (χ4n) is 1.14. The molecule has 1 atom stereocenters. The van der Waals surface area contributed by atoms with Crippen LogP contribution in [0.15, 0.2) is 0 Å². The summed E-state index contributed by atoms with van der Waals surface area (Å²) in [5, 5.41) is 2.83. The fourth-order valence-corrected chi connectivity index (χ4v) is 1.14. The molecule has 0 heterocycles. The third-order valence-electron chi connectivity index (χ3n) is 2.01. The quantitative estimate of drug-likeness (QED) is 0.590. The van der Waals surface area contributed by atoms with Crippen molar-refractivity contribution in [2.75, 3.05) is 26.9 Å². The number of carbonyl (C=O) groups excluding carboxylic acids is 1. The molecule has 1 unspecified atom stereocenters. The van der Waals surface area contributed by atoms with Gasteiger partial charge in [0.05, 0.1) is 24.9 Å². The monoisotopic (exact) mass is 232 g/mol. The Hall–Kier alpha value is -0.650. The summed E-state index contributed by atoms with van der Waals surface area (Å²) in [7, 11) is 1.71. The second-order valence-corrected chi connectivity index (χ2v) is 4.61. The third-order valence-corrected chi connectivity index (χ3v) is 2.01. The molecule has 0 aliphatic rings. The Balaban J connectivity index is 3.43. The van der Waals surface area contributed by atoms with Crippen molar-refractivity contribution < 1.29 is 14.3 Å². The summed E-state index contributed by atoms with van der Waals surface area (Å²) in [6.45, 7) is 7.59. The summed E-state index contributed by atoms with van der Waals surface area (Å²) in [5.74, 6) is -0.350. The van der Waals surface area contributed by atoms with Crippen LogP contribution in [-0.4, -0.2) is 44.4 Å². The van der Waals surface area contributed by atoms with Gasteiger partial charge in [-0.05, 0) is 34.2 Å². The number of hydrogen-bond acceptors (Lipinski definition) is 4. The van der Waals surface area contributed by atoms with Gasteiger partial charge in [-0.1, -0.05) is 0 Å². The molecule has 0 aromatic carbocycles. The topological polar surface area (TPSA) is 73.6 Å². The van der Waals surface area contributed by atoms with Crippen LogP contribution in [-0.2, 0) is 14.3 Å². The van der Waals surface area contributed by atoms with E-state index in [0.717, 1.165) is 0 Å². The van der Waals surface area contributed by atoms with Gasteiger partial charge in [0.2, 0.25) is 5.91 Å². The SMILES string of the molecule is CNC(CCOCCOC(C)(C)C)C(N)=O. The predicted octanol–water partition coefficient (Wildman–Crippen LogP) is 0.282. The summed E-state index contributed by atoms with van der Waals surface area (Å²) < 4.78 is 10.8. The van der Waals surface area contributed by atoms with E-state index >= 15 is 0 Å². The largest absolute Gasteiger partial charge is 0.379 e. The maximum absolute atomic E-state index is 10.9. The van der Waals surface area contributed by atoms with E-state index in [1.807, 2.05) is 20.8 Å². The van der Waals surface area contributed by atoms with E-state index in [2.05, 4.69) is 5.32 Å². The first-order valence-corrected chi connectivity index (χ1v) is 5.55. The zero-order valence-corrected chi connectivity index (χ0v) is 10.7. The highest BCUT2D eigenvalue weighted by molar-refractivity contribution is 5.79. The summed E-state index contributed by atoms with van der Waals surface area (Å²) in [5.41, 5.74) is 5.03. The summed E-state index contributed by atoms with van der Waals surface area (Å²) in [4.78, 5) is 10.9. The second-order valence-electron chi connectivity index (χ2n) is 4.61. The molecule has 96 valence electrons. The Kier molecular flexibility index (Phi) is 7.29. The zero-order chi connectivity index (χ0) is 12.6. The Morgan fingerprint density at radius 1 is 1.31 bits per heavy atom. The van der Waals surface area contributed by atoms with Gasteiger partial charge in [-0.3, -0.25) is 4.79 Å². The molecule has 0 aliphatic carbocycles. The zero-order valence-electron chi connectivity index (χ0n) is 10.7. The van der Waals surface area contributed by atoms with Crippen molar-refractivity contribution in [3.63, 3.8) is 0 Å². The number of likely N-dealkylation sites (N-methyl/N-ethyl adjacent to an activating group) is 1. The number of primary amides is 1. The smallest absolute Gasteiger partial charge is 0.234 e. The predicted molar refractivity (Wildman–Crippen MR) is 63.2 cm³/mol. The van der Waals surface area contributed by atoms with Gasteiger partial charge in [0, 0.05) is 6.61 Å². The molecule has 0 radical (unpaired) electrons. The lowest BCUT2D eigenvalue weighted by molar-refractivity contribution is -0.120. The van der Waals surface area contributed by atoms with Crippen molar-refractivity contribution >= 4 is 5.91 Å². The lowest BCUT2D eigenvalue weighted by Crippen LogP contribution is -2.40. The van der Waals surface area contributed by atoms with E-state index in [0.29, 0.717) is 26.2 Å². The number of nitrogens with two attached hydrogens (primary N) is 1. The van der Waals surface area contributed by atoms with Gasteiger partial charge in [-0.2, -0.15) is 0 Å². The van der Waals surface area contributed by atoms with E-state index in [4.69, 9.17) is 15.2 Å². The summed E-state index contributed by atoms with van der Waals surface area (Å²) in [6, 6.07) is -0.316. The van der Waals surface area contributed by atoms with Crippen LogP contribution in [0.2, 0.25) is 0 Å². The van der Waals surface area contributed by atoms with Gasteiger partial charge in [0.25, 0.3) is 0 Å². The van der Waals surface area contributed by atoms with Gasteiger partial charge in [0.1, 0.15) is 0 Å². The fraction of sp³-hybridized carbons (Fsp3) is 0.909. The molecule has 0 rings (SSSR count). The van der Waals surface area contributed by atoms with Crippen LogP contribution in [0.5, 0.6) is 0 Å². The van der Waals surface area contributed by atoms with Crippen LogP contribution >= 0.6 is 0 Å². The highest BCUT2D eigenvalue weighted by Gasteiger charge is 2.12. The molecular formula is C11H24N2O3. The molecule has 0 aromatic heterocycles. The highest BCUT2D eigenvalue weighted by Crippen LogP contribution is 2.05. The molecule has 0 aliphatic heterocycles. The maximum Gasteiger partial charge on any atom is 0.234 e. The summed E-state index contributed by atoms with van der Waals surface area (Å²) in [6.07, 6.45) is 0.585. The highest BCUT2D eigenvalue weighted by atomic mass is 16.5. The Bertz CT molecular complexity index is 202. The minimum absolute atomic E-state index is 0.135. The van der Waals surface area contributed by atoms with Gasteiger partial charge in [-0.25, -0.2) is 0 Å². The molecule has 3 N–H and O–H groups in total. The van der Waals surface area contributed by atoms with Gasteiger partial charge in [0.15, 0.2) is 0 Å². The molecule has 5 nitrogen and oxygen atoms in total. The number of rotatable bonds is 8. The van der Waals surface area contributed by atoms with Crippen LogP contribution in [0.4, 0.5) is 0 Å². The average Bonchev–Trinajstić information content (AvgIpc) is 2.14. The minimum Gasteiger partial charge on any atom is -0.379 e. The minimum atomic E-state index is -0.350. The van der Waals surface area contributed by atoms with Crippen LogP contribution in [0.3, 0.4) is 0 Å². The molecule has 5 heteroatoms. The third kappa shape index (κ3) is 8.64. The van der Waals surface area contributed by atoms with E-state index in [-0.39, 0.29) is 17.6 Å². The average molecular weight is 232 g/mol. The standard InChI is InChI=1S/C11H24N2O3/c1-11(2,3)16-8-7-15-6-5-9(13-4)10(12)14/h9,13H,5-8H2,1-4H3,(H2,12,14). The van der Waals surface area contributed by atoms with Crippen LogP contribution in [0.1, 0.15) is 27.2 Å². The first-order valence-electron chi connectivity index (χ1n) is 5.55. The van der Waals surface area contributed by atoms with Crippen LogP contribution < -0.4 is 11.1 Å². The van der Waals surface area contributed by atoms with E-state index < -0.39 is 0 Å². The first kappa shape index (κ1) is 15.3. The second kappa shape index (κ2) is 7.60. The van der Waals surface area contributed by atoms with E-state index in [9.17, 15) is 4.79 Å². The van der Waals surface area contributed by atoms with Crippen molar-refractivity contribution in [2.24, 2.45) is 5.73 Å². The van der Waals surface area contributed by atoms with E-state index in [1.54, 1.807) is 7.05 Å². The number of amides is 1. The first-order chi connectivity index (χ1) is 7.37. The molecule has 0 fully saturated rings. The van der Waals surface area contributed by atoms with Gasteiger partial charge >= 0.3 is 0 Å². The number of hydrogen-bond donors (Lipinski definition) is 2. The van der Waals surface area contributed by atoms with Crippen molar-refractivity contribution in [3.8, 4) is 0 Å². The van der Waals surface area contributed by atoms with E-state index in [1.165, 1.54) is 0 Å². The van der Waals surface area contributed by atoms with Crippen LogP contribution in [0.25, 0.3) is 0 Å². The molecule has 0 saturated carbocycles. The Morgan fingerprint density at radius 2 is 1.94 bits per heavy atom. The lowest BCUT2D eigenvalue weighted by Gasteiger charge is -2.19. The molecule has 0 bridgehead atoms. The normalized spacial score (nSPS) is 13.8. The number of carbonyl (C=O) groups is 1. The lowest BCUT2D eigenvalue weighted by atomic mass is 10.2. The van der Waals surface area contributed by atoms with Gasteiger partial charge < -0.3 is 20.5 Å². The molecule has 0 spiro atoms. The number of ether oxygens (including phenoxy) is 2. The molecule has 1 amide bonds. The summed E-state index contributed by atoms with van der Waals surface area (Å²) >= 11 is 0. The van der Waals surface area contributed by atoms with Crippen molar-refractivity contribution in [1.29, 1.82) is 0 Å². The molecule has 0 aromatic rings.